The maximum Gasteiger partial charge on any atom is 0.142 e. The number of methoxy groups -OCH3 is 1. The van der Waals surface area contributed by atoms with Gasteiger partial charge in [-0.2, -0.15) is 0 Å². The Balaban J connectivity index is 2.01. The summed E-state index contributed by atoms with van der Waals surface area (Å²) in [6.07, 6.45) is 0. The number of hydrogen-bond acceptors (Lipinski definition) is 3. The van der Waals surface area contributed by atoms with Gasteiger partial charge in [-0.15, -0.1) is 0 Å². The second-order valence-corrected chi connectivity index (χ2v) is 4.13. The van der Waals surface area contributed by atoms with Gasteiger partial charge in [0.25, 0.3) is 0 Å². The Morgan fingerprint density at radius 3 is 2.42 bits per heavy atom. The van der Waals surface area contributed by atoms with Gasteiger partial charge < -0.3 is 14.8 Å². The molecule has 0 aliphatic carbocycles. The summed E-state index contributed by atoms with van der Waals surface area (Å²) in [7, 11) is 1.67. The third-order valence-corrected chi connectivity index (χ3v) is 2.83. The molecule has 0 bridgehead atoms. The van der Waals surface area contributed by atoms with Gasteiger partial charge in [-0.05, 0) is 36.8 Å². The largest absolute Gasteiger partial charge is 0.497 e. The van der Waals surface area contributed by atoms with Crippen LogP contribution in [0.2, 0.25) is 0 Å². The molecule has 2 aromatic carbocycles. The summed E-state index contributed by atoms with van der Waals surface area (Å²) >= 11 is 0. The summed E-state index contributed by atoms with van der Waals surface area (Å²) in [6, 6.07) is 16.0. The van der Waals surface area contributed by atoms with Crippen molar-refractivity contribution < 1.29 is 9.47 Å². The maximum atomic E-state index is 5.58. The number of benzene rings is 2. The molecule has 0 radical (unpaired) electrons. The van der Waals surface area contributed by atoms with Crippen molar-refractivity contribution >= 4 is 5.69 Å². The van der Waals surface area contributed by atoms with Crippen molar-refractivity contribution in [2.75, 3.05) is 19.0 Å². The number of anilines is 1. The van der Waals surface area contributed by atoms with Crippen LogP contribution in [0.1, 0.15) is 12.5 Å². The highest BCUT2D eigenvalue weighted by Gasteiger charge is 2.01. The normalized spacial score (nSPS) is 10.0. The van der Waals surface area contributed by atoms with Gasteiger partial charge in [-0.3, -0.25) is 0 Å². The fraction of sp³-hybridized carbons (Fsp3) is 0.250. The quantitative estimate of drug-likeness (QED) is 0.855. The van der Waals surface area contributed by atoms with Gasteiger partial charge in [0.2, 0.25) is 0 Å². The van der Waals surface area contributed by atoms with Crippen LogP contribution in [0.5, 0.6) is 11.5 Å². The molecule has 2 rings (SSSR count). The van der Waals surface area contributed by atoms with E-state index in [0.29, 0.717) is 6.61 Å². The zero-order valence-corrected chi connectivity index (χ0v) is 11.3. The highest BCUT2D eigenvalue weighted by atomic mass is 16.5. The molecular formula is C16H19NO2. The number of hydrogen-bond donors (Lipinski definition) is 1. The molecule has 0 unspecified atom stereocenters. The molecule has 0 aromatic heterocycles. The molecule has 2 aromatic rings. The molecule has 3 nitrogen and oxygen atoms in total. The molecule has 0 amide bonds. The first-order valence-corrected chi connectivity index (χ1v) is 6.42. The SMILES string of the molecule is CCOc1ccccc1NCc1ccc(OC)cc1. The number of nitrogens with one attached hydrogen (secondary N) is 1. The van der Waals surface area contributed by atoms with Crippen LogP contribution in [0.15, 0.2) is 48.5 Å². The topological polar surface area (TPSA) is 30.5 Å². The summed E-state index contributed by atoms with van der Waals surface area (Å²) in [5.41, 5.74) is 2.22. The molecule has 0 heterocycles. The van der Waals surface area contributed by atoms with E-state index in [1.165, 1.54) is 5.56 Å². The Bertz CT molecular complexity index is 508. The third-order valence-electron chi connectivity index (χ3n) is 2.83. The minimum absolute atomic E-state index is 0.668. The van der Waals surface area contributed by atoms with Gasteiger partial charge in [0, 0.05) is 6.54 Å². The van der Waals surface area contributed by atoms with Gasteiger partial charge in [0.05, 0.1) is 19.4 Å². The molecule has 0 aliphatic rings. The van der Waals surface area contributed by atoms with Gasteiger partial charge in [-0.1, -0.05) is 24.3 Å². The van der Waals surface area contributed by atoms with E-state index in [1.54, 1.807) is 7.11 Å². The highest BCUT2D eigenvalue weighted by molar-refractivity contribution is 5.56. The van der Waals surface area contributed by atoms with Gasteiger partial charge >= 0.3 is 0 Å². The molecular weight excluding hydrogens is 238 g/mol. The Morgan fingerprint density at radius 2 is 1.74 bits per heavy atom. The molecule has 0 aliphatic heterocycles. The van der Waals surface area contributed by atoms with E-state index >= 15 is 0 Å². The first-order valence-electron chi connectivity index (χ1n) is 6.42. The third kappa shape index (κ3) is 3.65. The number of para-hydroxylation sites is 2. The minimum Gasteiger partial charge on any atom is -0.497 e. The standard InChI is InChI=1S/C16H19NO2/c1-3-19-16-7-5-4-6-15(16)17-12-13-8-10-14(18-2)11-9-13/h4-11,17H,3,12H2,1-2H3. The zero-order valence-electron chi connectivity index (χ0n) is 11.3. The Morgan fingerprint density at radius 1 is 1.00 bits per heavy atom. The molecule has 0 fully saturated rings. The van der Waals surface area contributed by atoms with E-state index in [-0.39, 0.29) is 0 Å². The molecule has 3 heteroatoms. The molecule has 19 heavy (non-hydrogen) atoms. The Kier molecular flexibility index (Phi) is 4.67. The van der Waals surface area contributed by atoms with E-state index in [9.17, 15) is 0 Å². The summed E-state index contributed by atoms with van der Waals surface area (Å²) < 4.78 is 10.7. The lowest BCUT2D eigenvalue weighted by molar-refractivity contribution is 0.341. The summed E-state index contributed by atoms with van der Waals surface area (Å²) in [6.45, 7) is 3.41. The van der Waals surface area contributed by atoms with Crippen LogP contribution in [0.25, 0.3) is 0 Å². The van der Waals surface area contributed by atoms with Crippen LogP contribution >= 0.6 is 0 Å². The molecule has 0 saturated carbocycles. The van der Waals surface area contributed by atoms with Crippen molar-refractivity contribution in [3.05, 3.63) is 54.1 Å². The van der Waals surface area contributed by atoms with E-state index in [0.717, 1.165) is 23.7 Å². The monoisotopic (exact) mass is 257 g/mol. The van der Waals surface area contributed by atoms with Crippen molar-refractivity contribution in [2.45, 2.75) is 13.5 Å². The molecule has 0 saturated heterocycles. The highest BCUT2D eigenvalue weighted by Crippen LogP contribution is 2.24. The maximum absolute atomic E-state index is 5.58. The fourth-order valence-electron chi connectivity index (χ4n) is 1.83. The van der Waals surface area contributed by atoms with Crippen LogP contribution < -0.4 is 14.8 Å². The van der Waals surface area contributed by atoms with Gasteiger partial charge in [0.1, 0.15) is 11.5 Å². The Hall–Kier alpha value is -2.16. The lowest BCUT2D eigenvalue weighted by atomic mass is 10.2. The minimum atomic E-state index is 0.668. The van der Waals surface area contributed by atoms with Crippen molar-refractivity contribution in [1.82, 2.24) is 0 Å². The number of ether oxygens (including phenoxy) is 2. The van der Waals surface area contributed by atoms with E-state index in [4.69, 9.17) is 9.47 Å². The molecule has 1 N–H and O–H groups in total. The smallest absolute Gasteiger partial charge is 0.142 e. The van der Waals surface area contributed by atoms with E-state index in [2.05, 4.69) is 17.4 Å². The van der Waals surface area contributed by atoms with Crippen LogP contribution in [0.4, 0.5) is 5.69 Å². The number of rotatable bonds is 6. The first-order chi connectivity index (χ1) is 9.33. The second-order valence-electron chi connectivity index (χ2n) is 4.13. The van der Waals surface area contributed by atoms with Crippen LogP contribution in [-0.4, -0.2) is 13.7 Å². The van der Waals surface area contributed by atoms with Crippen LogP contribution in [0.3, 0.4) is 0 Å². The molecule has 100 valence electrons. The van der Waals surface area contributed by atoms with Crippen LogP contribution in [-0.2, 0) is 6.54 Å². The zero-order chi connectivity index (χ0) is 13.5. The average Bonchev–Trinajstić information content (AvgIpc) is 2.47. The Labute approximate surface area is 114 Å². The lowest BCUT2D eigenvalue weighted by Gasteiger charge is -2.12. The average molecular weight is 257 g/mol. The predicted molar refractivity (Wildman–Crippen MR) is 77.9 cm³/mol. The van der Waals surface area contributed by atoms with Crippen molar-refractivity contribution in [3.8, 4) is 11.5 Å². The lowest BCUT2D eigenvalue weighted by Crippen LogP contribution is -2.02. The second kappa shape index (κ2) is 6.69. The fourth-order valence-corrected chi connectivity index (χ4v) is 1.83. The molecule has 0 atom stereocenters. The van der Waals surface area contributed by atoms with Gasteiger partial charge in [-0.25, -0.2) is 0 Å². The van der Waals surface area contributed by atoms with Crippen molar-refractivity contribution in [3.63, 3.8) is 0 Å². The molecule has 0 spiro atoms. The summed E-state index contributed by atoms with van der Waals surface area (Å²) in [4.78, 5) is 0. The van der Waals surface area contributed by atoms with Gasteiger partial charge in [0.15, 0.2) is 0 Å². The first kappa shape index (κ1) is 13.3. The van der Waals surface area contributed by atoms with Crippen molar-refractivity contribution in [1.29, 1.82) is 0 Å². The predicted octanol–water partition coefficient (Wildman–Crippen LogP) is 3.71. The summed E-state index contributed by atoms with van der Waals surface area (Å²) in [5.74, 6) is 1.76. The van der Waals surface area contributed by atoms with E-state index in [1.807, 2.05) is 43.3 Å². The summed E-state index contributed by atoms with van der Waals surface area (Å²) in [5, 5.41) is 3.39. The van der Waals surface area contributed by atoms with Crippen molar-refractivity contribution in [2.24, 2.45) is 0 Å². The van der Waals surface area contributed by atoms with E-state index < -0.39 is 0 Å². The van der Waals surface area contributed by atoms with Crippen LogP contribution in [0, 0.1) is 0 Å².